The van der Waals surface area contributed by atoms with E-state index in [9.17, 15) is 24.0 Å². The lowest BCUT2D eigenvalue weighted by atomic mass is 9.98. The number of carbonyl (C=O) groups excluding carboxylic acids is 4. The summed E-state index contributed by atoms with van der Waals surface area (Å²) in [5.41, 5.74) is 19.6. The second-order valence-corrected chi connectivity index (χ2v) is 17.6. The van der Waals surface area contributed by atoms with Crippen LogP contribution >= 0.6 is 36.2 Å². The van der Waals surface area contributed by atoms with Gasteiger partial charge in [-0.1, -0.05) is 119 Å². The number of unbranched alkanes of at least 4 members (excludes halogenated alkanes) is 1. The summed E-state index contributed by atoms with van der Waals surface area (Å²) < 4.78 is 10.7. The Morgan fingerprint density at radius 3 is 1.30 bits per heavy atom. The van der Waals surface area contributed by atoms with Crippen molar-refractivity contribution in [2.45, 2.75) is 73.1 Å². The average molecular weight is 1120 g/mol. The Bertz CT molecular complexity index is 2140. The Kier molecular flexibility index (Phi) is 49.0. The van der Waals surface area contributed by atoms with Gasteiger partial charge in [0.25, 0.3) is 0 Å². The summed E-state index contributed by atoms with van der Waals surface area (Å²) in [6.45, 7) is 6.70. The molecule has 2 aliphatic carbocycles. The molecular weight excluding hydrogens is 1040 g/mol. The van der Waals surface area contributed by atoms with Crippen LogP contribution in [0.1, 0.15) is 95.4 Å². The number of fused-ring (bicyclic) bond motifs is 6. The van der Waals surface area contributed by atoms with Gasteiger partial charge in [-0.15, -0.1) is 0 Å². The molecule has 4 aromatic rings. The Balaban J connectivity index is -0.000000450. The number of nitrogens with two attached hydrogens (primary N) is 2. The molecule has 2 aliphatic rings. The standard InChI is InChI=1S/C20H21NO4S.C16H14O2.C6H12O2S.C3H7NO2.C3H9N.C2H7NS.C2H2O3.CH4O.2CH4/c1-26-11-10-21(12-19(22)23)20(24)25-13-18-16-8-4-2-6-14(16)15-7-3-5-9-17(15)18;1-11(17)18-10-16-14-8-4-2-6-12(14)13-7-3-5-9-15(13)16;1-9-5-3-2-4-6(7)8;1-3(6)4-2-5;1-2-3-4;3-1-2-4;3-1-2(4)5;1-2;;/h2-9,18H,10-13H2,1H3,(H,22,23);2-9,16H,10H2,1H3;2-5H2,1H3,(H,7,8);5H,2H2,1H3,(H,4,6);2-4H2,1H3;4H,1-3H2;1H,(H,4,5);2H,1H3;2*1H4. The van der Waals surface area contributed by atoms with E-state index in [0.717, 1.165) is 66.7 Å². The van der Waals surface area contributed by atoms with Crippen LogP contribution in [0.25, 0.3) is 22.3 Å². The van der Waals surface area contributed by atoms with Gasteiger partial charge in [-0.25, -0.2) is 9.59 Å². The fraction of sp³-hybridized carbons (Fsp3) is 0.436. The number of aldehydes is 1. The summed E-state index contributed by atoms with van der Waals surface area (Å²) in [7, 11) is 1.00. The maximum Gasteiger partial charge on any atom is 0.410 e. The van der Waals surface area contributed by atoms with E-state index in [4.69, 9.17) is 56.1 Å². The molecule has 0 saturated carbocycles. The van der Waals surface area contributed by atoms with Crippen molar-refractivity contribution in [3.63, 3.8) is 0 Å². The Hall–Kier alpha value is -5.94. The molecule has 0 unspecified atom stereocenters. The first kappa shape index (κ1) is 76.6. The van der Waals surface area contributed by atoms with Gasteiger partial charge in [-0.05, 0) is 88.6 Å². The number of nitrogens with one attached hydrogen (secondary N) is 1. The van der Waals surface area contributed by atoms with Gasteiger partial charge in [0.2, 0.25) is 12.2 Å². The number of thioether (sulfide) groups is 2. The Morgan fingerprint density at radius 1 is 0.671 bits per heavy atom. The molecule has 10 N–H and O–H groups in total. The summed E-state index contributed by atoms with van der Waals surface area (Å²) >= 11 is 7.11. The average Bonchev–Trinajstić information content (AvgIpc) is 3.90. The highest BCUT2D eigenvalue weighted by atomic mass is 32.2. The number of aliphatic hydroxyl groups excluding tert-OH is 2. The highest BCUT2D eigenvalue weighted by Crippen LogP contribution is 2.45. The quantitative estimate of drug-likeness (QED) is 0.0113. The van der Waals surface area contributed by atoms with Gasteiger partial charge in [0.1, 0.15) is 26.5 Å². The second kappa shape index (κ2) is 48.7. The van der Waals surface area contributed by atoms with E-state index in [2.05, 4.69) is 73.4 Å². The number of hydrogen-bond donors (Lipinski definition) is 9. The topological polar surface area (TPSA) is 306 Å². The van der Waals surface area contributed by atoms with E-state index < -0.39 is 24.0 Å². The number of carboxylic acids is 3. The van der Waals surface area contributed by atoms with Gasteiger partial charge in [-0.2, -0.15) is 36.2 Å². The van der Waals surface area contributed by atoms with Crippen LogP contribution in [0.5, 0.6) is 0 Å². The summed E-state index contributed by atoms with van der Waals surface area (Å²) in [5.74, 6) is -0.917. The van der Waals surface area contributed by atoms with Crippen molar-refractivity contribution in [1.82, 2.24) is 10.2 Å². The number of carbonyl (C=O) groups is 7. The van der Waals surface area contributed by atoms with E-state index in [1.165, 1.54) is 41.0 Å². The zero-order valence-electron chi connectivity index (χ0n) is 43.1. The lowest BCUT2D eigenvalue weighted by molar-refractivity contribution is -0.143. The van der Waals surface area contributed by atoms with Crippen LogP contribution in [-0.4, -0.2) is 156 Å². The highest BCUT2D eigenvalue weighted by molar-refractivity contribution is 7.98. The Morgan fingerprint density at radius 2 is 1.04 bits per heavy atom. The van der Waals surface area contributed by atoms with Gasteiger partial charge in [-0.3, -0.25) is 28.9 Å². The van der Waals surface area contributed by atoms with Crippen LogP contribution in [0.4, 0.5) is 4.79 Å². The van der Waals surface area contributed by atoms with Crippen molar-refractivity contribution in [2.75, 3.05) is 83.0 Å². The fourth-order valence-electron chi connectivity index (χ4n) is 6.56. The maximum atomic E-state index is 12.4. The van der Waals surface area contributed by atoms with Gasteiger partial charge in [0, 0.05) is 63.8 Å². The number of nitrogens with zero attached hydrogens (tertiary/aromatic N) is 1. The van der Waals surface area contributed by atoms with E-state index >= 15 is 0 Å². The fourth-order valence-corrected chi connectivity index (χ4v) is 7.45. The minimum absolute atomic E-state index is 0. The molecule has 0 atom stereocenters. The number of carboxylic acid groups (broad SMARTS) is 3. The minimum atomic E-state index is -1.43. The number of rotatable bonds is 18. The predicted molar refractivity (Wildman–Crippen MR) is 311 cm³/mol. The molecule has 18 nitrogen and oxygen atoms in total. The van der Waals surface area contributed by atoms with E-state index in [1.54, 1.807) is 23.5 Å². The van der Waals surface area contributed by atoms with Gasteiger partial charge < -0.3 is 51.8 Å². The number of benzene rings is 4. The van der Waals surface area contributed by atoms with Crippen LogP contribution in [-0.2, 0) is 38.2 Å². The predicted octanol–water partition coefficient (Wildman–Crippen LogP) is 8.10. The number of aliphatic carboxylic acids is 3. The molecule has 0 spiro atoms. The third kappa shape index (κ3) is 32.5. The molecule has 76 heavy (non-hydrogen) atoms. The third-order valence-corrected chi connectivity index (χ3v) is 11.3. The highest BCUT2D eigenvalue weighted by Gasteiger charge is 2.30. The molecule has 0 heterocycles. The molecule has 2 amide bonds. The van der Waals surface area contributed by atoms with Crippen molar-refractivity contribution < 1.29 is 68.6 Å². The SMILES string of the molecule is C.C.CC(=O)NCO.CC(=O)OCC1c2ccccc2-c2ccccc21.CCCN.CO.CSCCCCC(=O)O.CSCCN(CC(=O)O)C(=O)OCC1c2ccccc2-c2ccccc21.NCCS.O=CC(=O)O. The molecule has 0 radical (unpaired) electrons. The molecule has 4 aromatic carbocycles. The largest absolute Gasteiger partial charge is 0.481 e. The number of ether oxygens (including phenoxy) is 2. The van der Waals surface area contributed by atoms with E-state index in [-0.39, 0.29) is 64.7 Å². The zero-order chi connectivity index (χ0) is 56.3. The van der Waals surface area contributed by atoms with Crippen LogP contribution in [0.2, 0.25) is 0 Å². The first-order chi connectivity index (χ1) is 35.5. The van der Waals surface area contributed by atoms with Gasteiger partial charge in [0.05, 0.1) is 0 Å². The molecule has 0 fully saturated rings. The van der Waals surface area contributed by atoms with Crippen LogP contribution < -0.4 is 16.8 Å². The first-order valence-corrected chi connectivity index (χ1v) is 26.8. The monoisotopic (exact) mass is 1120 g/mol. The smallest absolute Gasteiger partial charge is 0.410 e. The number of aliphatic hydroxyl groups is 2. The molecule has 0 aliphatic heterocycles. The molecule has 0 saturated heterocycles. The van der Waals surface area contributed by atoms with Crippen LogP contribution in [0.3, 0.4) is 0 Å². The van der Waals surface area contributed by atoms with Crippen molar-refractivity contribution in [2.24, 2.45) is 11.5 Å². The molecule has 0 bridgehead atoms. The molecule has 0 aromatic heterocycles. The first-order valence-electron chi connectivity index (χ1n) is 23.3. The normalized spacial score (nSPS) is 10.3. The van der Waals surface area contributed by atoms with Crippen LogP contribution in [0, 0.1) is 0 Å². The van der Waals surface area contributed by atoms with Gasteiger partial charge in [0.15, 0.2) is 0 Å². The second-order valence-electron chi connectivity index (χ2n) is 15.1. The van der Waals surface area contributed by atoms with Crippen molar-refractivity contribution in [1.29, 1.82) is 0 Å². The molecule has 426 valence electrons. The maximum absolute atomic E-state index is 12.4. The van der Waals surface area contributed by atoms with Crippen molar-refractivity contribution >= 4 is 78.3 Å². The minimum Gasteiger partial charge on any atom is -0.481 e. The summed E-state index contributed by atoms with van der Waals surface area (Å²) in [6, 6.07) is 32.9. The zero-order valence-corrected chi connectivity index (χ0v) is 45.7. The number of amides is 2. The third-order valence-electron chi connectivity index (χ3n) is 9.74. The summed E-state index contributed by atoms with van der Waals surface area (Å²) in [5, 5.41) is 41.6. The lowest BCUT2D eigenvalue weighted by Gasteiger charge is -2.21. The summed E-state index contributed by atoms with van der Waals surface area (Å²) in [4.78, 5) is 73.3. The van der Waals surface area contributed by atoms with Crippen molar-refractivity contribution in [3.8, 4) is 22.3 Å². The number of thiol groups is 1. The van der Waals surface area contributed by atoms with E-state index in [1.807, 2.05) is 61.0 Å². The summed E-state index contributed by atoms with van der Waals surface area (Å²) in [6.07, 6.45) is 6.45. The van der Waals surface area contributed by atoms with E-state index in [0.29, 0.717) is 31.9 Å². The van der Waals surface area contributed by atoms with Gasteiger partial charge >= 0.3 is 30.0 Å². The molecule has 6 rings (SSSR count). The van der Waals surface area contributed by atoms with Crippen LogP contribution in [0.15, 0.2) is 97.1 Å². The molecule has 21 heteroatoms. The molecular formula is C55H84N4O14S3. The lowest BCUT2D eigenvalue weighted by Crippen LogP contribution is -2.38. The van der Waals surface area contributed by atoms with Crippen molar-refractivity contribution in [3.05, 3.63) is 119 Å². The number of hydrogen-bond acceptors (Lipinski definition) is 16. The Labute approximate surface area is 464 Å². The number of esters is 1.